The number of hydrogen-bond acceptors (Lipinski definition) is 2. The Balaban J connectivity index is 1.69. The zero-order valence-corrected chi connectivity index (χ0v) is 12.4. The summed E-state index contributed by atoms with van der Waals surface area (Å²) in [7, 11) is 0. The Morgan fingerprint density at radius 1 is 1.30 bits per heavy atom. The predicted molar refractivity (Wildman–Crippen MR) is 82.6 cm³/mol. The van der Waals surface area contributed by atoms with Gasteiger partial charge in [0, 0.05) is 18.8 Å². The Morgan fingerprint density at radius 3 is 2.90 bits per heavy atom. The minimum Gasteiger partial charge on any atom is -0.360 e. The summed E-state index contributed by atoms with van der Waals surface area (Å²) in [5.74, 6) is 0.822. The maximum absolute atomic E-state index is 5.80. The first-order chi connectivity index (χ1) is 9.72. The molecule has 3 nitrogen and oxygen atoms in total. The van der Waals surface area contributed by atoms with Crippen molar-refractivity contribution in [3.8, 4) is 0 Å². The van der Waals surface area contributed by atoms with E-state index in [0.29, 0.717) is 12.8 Å². The maximum atomic E-state index is 5.80. The molecule has 0 aliphatic heterocycles. The van der Waals surface area contributed by atoms with Crippen molar-refractivity contribution in [2.75, 3.05) is 6.61 Å². The number of ether oxygens (including phenoxy) is 1. The molecule has 1 heterocycles. The van der Waals surface area contributed by atoms with Crippen LogP contribution in [0.3, 0.4) is 0 Å². The fourth-order valence-electron chi connectivity index (χ4n) is 2.38. The van der Waals surface area contributed by atoms with Crippen LogP contribution >= 0.6 is 0 Å². The molecule has 0 amide bonds. The lowest BCUT2D eigenvalue weighted by atomic mass is 10.1. The molecule has 1 aromatic carbocycles. The van der Waals surface area contributed by atoms with Crippen LogP contribution in [0.4, 0.5) is 0 Å². The predicted octanol–water partition coefficient (Wildman–Crippen LogP) is 3.52. The number of nitrogens with zero attached hydrogens (tertiary/aromatic N) is 1. The average molecular weight is 272 g/mol. The van der Waals surface area contributed by atoms with Crippen molar-refractivity contribution in [2.45, 2.75) is 46.0 Å². The molecule has 1 saturated carbocycles. The second kappa shape index (κ2) is 5.98. The van der Waals surface area contributed by atoms with Crippen molar-refractivity contribution >= 4 is 10.9 Å². The molecule has 3 heteroatoms. The molecule has 1 aromatic heterocycles. The van der Waals surface area contributed by atoms with Crippen molar-refractivity contribution in [3.63, 3.8) is 0 Å². The van der Waals surface area contributed by atoms with Crippen molar-refractivity contribution in [1.29, 1.82) is 0 Å². The molecule has 0 bridgehead atoms. The molecule has 0 radical (unpaired) electrons. The third kappa shape index (κ3) is 3.41. The average Bonchev–Trinajstić information content (AvgIpc) is 3.17. The lowest BCUT2D eigenvalue weighted by Gasteiger charge is -2.10. The highest BCUT2D eigenvalue weighted by Gasteiger charge is 2.21. The summed E-state index contributed by atoms with van der Waals surface area (Å²) in [6, 6.07) is 9.34. The van der Waals surface area contributed by atoms with Gasteiger partial charge < -0.3 is 14.6 Å². The molecular formula is C17H24N2O. The molecule has 1 aliphatic carbocycles. The van der Waals surface area contributed by atoms with Crippen LogP contribution in [0.15, 0.2) is 30.5 Å². The lowest BCUT2D eigenvalue weighted by Crippen LogP contribution is -2.21. The van der Waals surface area contributed by atoms with Crippen LogP contribution in [0.1, 0.15) is 32.3 Å². The topological polar surface area (TPSA) is 26.2 Å². The number of benzene rings is 1. The zero-order valence-electron chi connectivity index (χ0n) is 12.4. The van der Waals surface area contributed by atoms with Gasteiger partial charge in [-0.1, -0.05) is 26.0 Å². The van der Waals surface area contributed by atoms with Gasteiger partial charge in [0.1, 0.15) is 6.73 Å². The van der Waals surface area contributed by atoms with Gasteiger partial charge in [-0.3, -0.25) is 0 Å². The second-order valence-electron chi connectivity index (χ2n) is 6.16. The number of aromatic nitrogens is 1. The number of fused-ring (bicyclic) bond motifs is 1. The molecule has 0 unspecified atom stereocenters. The van der Waals surface area contributed by atoms with Crippen LogP contribution < -0.4 is 5.32 Å². The minimum absolute atomic E-state index is 0.513. The van der Waals surface area contributed by atoms with Gasteiger partial charge in [-0.2, -0.15) is 0 Å². The van der Waals surface area contributed by atoms with Crippen LogP contribution in [-0.4, -0.2) is 17.2 Å². The van der Waals surface area contributed by atoms with Crippen LogP contribution in [0.25, 0.3) is 10.9 Å². The van der Waals surface area contributed by atoms with Crippen molar-refractivity contribution in [3.05, 3.63) is 36.0 Å². The van der Waals surface area contributed by atoms with Crippen LogP contribution in [0, 0.1) is 5.92 Å². The van der Waals surface area contributed by atoms with Crippen molar-refractivity contribution in [2.24, 2.45) is 5.92 Å². The molecule has 1 fully saturated rings. The molecule has 0 saturated heterocycles. The molecule has 0 spiro atoms. The SMILES string of the molecule is CC(C)NCc1ccc2ccn(COCC3CC3)c2c1. The van der Waals surface area contributed by atoms with Gasteiger partial charge in [-0.15, -0.1) is 0 Å². The van der Waals surface area contributed by atoms with E-state index in [4.69, 9.17) is 4.74 Å². The molecule has 108 valence electrons. The highest BCUT2D eigenvalue weighted by atomic mass is 16.5. The van der Waals surface area contributed by atoms with Crippen LogP contribution in [0.5, 0.6) is 0 Å². The molecule has 1 aliphatic rings. The van der Waals surface area contributed by atoms with E-state index < -0.39 is 0 Å². The van der Waals surface area contributed by atoms with E-state index in [1.165, 1.54) is 29.3 Å². The van der Waals surface area contributed by atoms with Crippen molar-refractivity contribution < 1.29 is 4.74 Å². The Labute approximate surface area is 120 Å². The summed E-state index contributed by atoms with van der Waals surface area (Å²) in [4.78, 5) is 0. The van der Waals surface area contributed by atoms with Crippen LogP contribution in [-0.2, 0) is 18.0 Å². The first kappa shape index (κ1) is 13.7. The molecular weight excluding hydrogens is 248 g/mol. The zero-order chi connectivity index (χ0) is 13.9. The quantitative estimate of drug-likeness (QED) is 0.834. The summed E-state index contributed by atoms with van der Waals surface area (Å²) in [6.45, 7) is 6.84. The highest BCUT2D eigenvalue weighted by Crippen LogP contribution is 2.29. The molecule has 0 atom stereocenters. The van der Waals surface area contributed by atoms with Gasteiger partial charge >= 0.3 is 0 Å². The van der Waals surface area contributed by atoms with E-state index in [1.807, 2.05) is 0 Å². The van der Waals surface area contributed by atoms with Crippen LogP contribution in [0.2, 0.25) is 0 Å². The van der Waals surface area contributed by atoms with E-state index in [0.717, 1.165) is 19.1 Å². The third-order valence-corrected chi connectivity index (χ3v) is 3.83. The normalized spacial score (nSPS) is 15.3. The first-order valence-electron chi connectivity index (χ1n) is 7.61. The summed E-state index contributed by atoms with van der Waals surface area (Å²) in [5, 5.41) is 4.75. The lowest BCUT2D eigenvalue weighted by molar-refractivity contribution is 0.0718. The van der Waals surface area contributed by atoms with E-state index in [9.17, 15) is 0 Å². The largest absolute Gasteiger partial charge is 0.360 e. The summed E-state index contributed by atoms with van der Waals surface area (Å²) < 4.78 is 8.00. The molecule has 20 heavy (non-hydrogen) atoms. The van der Waals surface area contributed by atoms with E-state index in [2.05, 4.69) is 54.2 Å². The summed E-state index contributed by atoms with van der Waals surface area (Å²) >= 11 is 0. The fraction of sp³-hybridized carbons (Fsp3) is 0.529. The first-order valence-corrected chi connectivity index (χ1v) is 7.61. The van der Waals surface area contributed by atoms with Gasteiger partial charge in [-0.05, 0) is 41.8 Å². The standard InChI is InChI=1S/C17H24N2O/c1-13(2)18-10-15-5-6-16-7-8-19(17(16)9-15)12-20-11-14-3-4-14/h5-9,13-14,18H,3-4,10-12H2,1-2H3. The van der Waals surface area contributed by atoms with E-state index >= 15 is 0 Å². The Bertz CT molecular complexity index is 569. The summed E-state index contributed by atoms with van der Waals surface area (Å²) in [6.07, 6.45) is 4.81. The van der Waals surface area contributed by atoms with E-state index in [-0.39, 0.29) is 0 Å². The van der Waals surface area contributed by atoms with Crippen molar-refractivity contribution in [1.82, 2.24) is 9.88 Å². The summed E-state index contributed by atoms with van der Waals surface area (Å²) in [5.41, 5.74) is 2.59. The molecule has 1 N–H and O–H groups in total. The fourth-order valence-corrected chi connectivity index (χ4v) is 2.38. The Hall–Kier alpha value is -1.32. The monoisotopic (exact) mass is 272 g/mol. The smallest absolute Gasteiger partial charge is 0.122 e. The van der Waals surface area contributed by atoms with Gasteiger partial charge in [0.05, 0.1) is 12.1 Å². The molecule has 2 aromatic rings. The Morgan fingerprint density at radius 2 is 2.15 bits per heavy atom. The number of nitrogens with one attached hydrogen (secondary N) is 1. The van der Waals surface area contributed by atoms with Gasteiger partial charge in [0.2, 0.25) is 0 Å². The number of hydrogen-bond donors (Lipinski definition) is 1. The highest BCUT2D eigenvalue weighted by molar-refractivity contribution is 5.80. The van der Waals surface area contributed by atoms with Gasteiger partial charge in [-0.25, -0.2) is 0 Å². The third-order valence-electron chi connectivity index (χ3n) is 3.83. The Kier molecular flexibility index (Phi) is 4.08. The molecule has 3 rings (SSSR count). The van der Waals surface area contributed by atoms with Gasteiger partial charge in [0.15, 0.2) is 0 Å². The minimum atomic E-state index is 0.513. The van der Waals surface area contributed by atoms with E-state index in [1.54, 1.807) is 0 Å². The second-order valence-corrected chi connectivity index (χ2v) is 6.16. The van der Waals surface area contributed by atoms with Gasteiger partial charge in [0.25, 0.3) is 0 Å². The maximum Gasteiger partial charge on any atom is 0.122 e. The number of rotatable bonds is 7.